The van der Waals surface area contributed by atoms with Gasteiger partial charge in [-0.05, 0) is 38.0 Å². The molecule has 0 bridgehead atoms. The second-order valence-corrected chi connectivity index (χ2v) is 5.80. The summed E-state index contributed by atoms with van der Waals surface area (Å²) in [4.78, 5) is 8.50. The maximum absolute atomic E-state index is 13.7. The van der Waals surface area contributed by atoms with Gasteiger partial charge in [-0.2, -0.15) is 0 Å². The van der Waals surface area contributed by atoms with E-state index in [0.717, 1.165) is 29.7 Å². The van der Waals surface area contributed by atoms with Crippen molar-refractivity contribution in [3.05, 3.63) is 42.6 Å². The van der Waals surface area contributed by atoms with Gasteiger partial charge < -0.3 is 14.6 Å². The fraction of sp³-hybridized carbons (Fsp3) is 0.412. The van der Waals surface area contributed by atoms with Gasteiger partial charge >= 0.3 is 0 Å². The van der Waals surface area contributed by atoms with Crippen LogP contribution in [-0.2, 0) is 11.8 Å². The highest BCUT2D eigenvalue weighted by atomic mass is 19.1. The predicted molar refractivity (Wildman–Crippen MR) is 88.9 cm³/mol. The van der Waals surface area contributed by atoms with Gasteiger partial charge in [-0.25, -0.2) is 14.4 Å². The highest BCUT2D eigenvalue weighted by Gasteiger charge is 2.21. The molecule has 1 saturated carbocycles. The summed E-state index contributed by atoms with van der Waals surface area (Å²) >= 11 is 0. The molecule has 0 radical (unpaired) electrons. The van der Waals surface area contributed by atoms with Crippen molar-refractivity contribution < 1.29 is 9.13 Å². The first-order valence-electron chi connectivity index (χ1n) is 7.81. The van der Waals surface area contributed by atoms with Crippen molar-refractivity contribution in [2.45, 2.75) is 31.9 Å². The van der Waals surface area contributed by atoms with Crippen LogP contribution >= 0.6 is 0 Å². The molecule has 0 spiro atoms. The third-order valence-electron chi connectivity index (χ3n) is 3.70. The number of aryl methyl sites for hydroxylation is 1. The molecule has 3 rings (SSSR count). The summed E-state index contributed by atoms with van der Waals surface area (Å²) in [6, 6.07) is 1.87. The molecule has 5 nitrogen and oxygen atoms in total. The van der Waals surface area contributed by atoms with Crippen LogP contribution < -0.4 is 5.32 Å². The van der Waals surface area contributed by atoms with E-state index < -0.39 is 0 Å². The minimum Gasteiger partial charge on any atom is -0.374 e. The third kappa shape index (κ3) is 4.16. The lowest BCUT2D eigenvalue weighted by molar-refractivity contribution is 0.146. The molecule has 2 heterocycles. The smallest absolute Gasteiger partial charge is 0.154 e. The van der Waals surface area contributed by atoms with Crippen LogP contribution in [0, 0.1) is 0 Å². The summed E-state index contributed by atoms with van der Waals surface area (Å²) in [6.45, 7) is 2.28. The van der Waals surface area contributed by atoms with Gasteiger partial charge in [0.2, 0.25) is 0 Å². The Morgan fingerprint density at radius 2 is 2.35 bits per heavy atom. The van der Waals surface area contributed by atoms with E-state index >= 15 is 0 Å². The molecule has 0 amide bonds. The van der Waals surface area contributed by atoms with Crippen LogP contribution in [0.4, 0.5) is 10.2 Å². The Kier molecular flexibility index (Phi) is 4.71. The predicted octanol–water partition coefficient (Wildman–Crippen LogP) is 3.36. The largest absolute Gasteiger partial charge is 0.374 e. The summed E-state index contributed by atoms with van der Waals surface area (Å²) in [5, 5.41) is 3.27. The van der Waals surface area contributed by atoms with Crippen LogP contribution in [0.1, 0.15) is 19.8 Å². The summed E-state index contributed by atoms with van der Waals surface area (Å²) < 4.78 is 21.0. The number of ether oxygens (including phenoxy) is 1. The molecule has 6 heteroatoms. The number of aromatic nitrogens is 3. The lowest BCUT2D eigenvalue weighted by Crippen LogP contribution is -2.14. The number of hydrogen-bond donors (Lipinski definition) is 1. The van der Waals surface area contributed by atoms with E-state index in [9.17, 15) is 4.39 Å². The number of halogens is 1. The SMILES string of the molecule is CC(/C=C\C(F)=C/COC1CC1)Nc1ncnc2ccn(C)c12. The van der Waals surface area contributed by atoms with Gasteiger partial charge in [0, 0.05) is 19.3 Å². The van der Waals surface area contributed by atoms with Gasteiger partial charge in [0.15, 0.2) is 5.82 Å². The number of anilines is 1. The Morgan fingerprint density at radius 3 is 3.13 bits per heavy atom. The zero-order valence-corrected chi connectivity index (χ0v) is 13.4. The molecule has 2 aromatic rings. The number of fused-ring (bicyclic) bond motifs is 1. The van der Waals surface area contributed by atoms with Crippen molar-refractivity contribution in [1.82, 2.24) is 14.5 Å². The lowest BCUT2D eigenvalue weighted by atomic mass is 10.2. The number of rotatable bonds is 7. The fourth-order valence-electron chi connectivity index (χ4n) is 2.29. The second kappa shape index (κ2) is 6.91. The number of nitrogens with one attached hydrogen (secondary N) is 1. The maximum Gasteiger partial charge on any atom is 0.154 e. The topological polar surface area (TPSA) is 52.0 Å². The molecule has 1 fully saturated rings. The first kappa shape index (κ1) is 15.7. The van der Waals surface area contributed by atoms with Gasteiger partial charge in [0.05, 0.1) is 18.2 Å². The van der Waals surface area contributed by atoms with E-state index in [2.05, 4.69) is 15.3 Å². The van der Waals surface area contributed by atoms with Crippen molar-refractivity contribution in [2.75, 3.05) is 11.9 Å². The van der Waals surface area contributed by atoms with Crippen LogP contribution in [0.25, 0.3) is 11.0 Å². The van der Waals surface area contributed by atoms with E-state index in [4.69, 9.17) is 4.74 Å². The number of hydrogen-bond acceptors (Lipinski definition) is 4. The lowest BCUT2D eigenvalue weighted by Gasteiger charge is -2.12. The molecular weight excluding hydrogens is 295 g/mol. The zero-order chi connectivity index (χ0) is 16.2. The minimum atomic E-state index is -0.286. The number of allylic oxidation sites excluding steroid dienone is 2. The molecule has 1 N–H and O–H groups in total. The van der Waals surface area contributed by atoms with Gasteiger partial charge in [-0.1, -0.05) is 6.08 Å². The minimum absolute atomic E-state index is 0.0634. The Balaban J connectivity index is 1.60. The Hall–Kier alpha value is -2.21. The van der Waals surface area contributed by atoms with Crippen molar-refractivity contribution in [3.63, 3.8) is 0 Å². The molecule has 0 aliphatic heterocycles. The van der Waals surface area contributed by atoms with E-state index in [1.807, 2.05) is 30.8 Å². The van der Waals surface area contributed by atoms with E-state index in [-0.39, 0.29) is 11.9 Å². The fourth-order valence-corrected chi connectivity index (χ4v) is 2.29. The molecule has 1 aliphatic carbocycles. The van der Waals surface area contributed by atoms with Crippen LogP contribution in [0.2, 0.25) is 0 Å². The highest BCUT2D eigenvalue weighted by molar-refractivity contribution is 5.86. The molecule has 0 saturated heterocycles. The normalized spacial score (nSPS) is 17.1. The van der Waals surface area contributed by atoms with Crippen LogP contribution in [0.3, 0.4) is 0 Å². The monoisotopic (exact) mass is 316 g/mol. The Labute approximate surface area is 134 Å². The van der Waals surface area contributed by atoms with Crippen molar-refractivity contribution in [1.29, 1.82) is 0 Å². The van der Waals surface area contributed by atoms with Gasteiger partial charge in [0.1, 0.15) is 17.7 Å². The summed E-state index contributed by atoms with van der Waals surface area (Å²) in [5.41, 5.74) is 1.81. The summed E-state index contributed by atoms with van der Waals surface area (Å²) in [6.07, 6.45) is 10.7. The molecule has 1 atom stereocenters. The van der Waals surface area contributed by atoms with Crippen molar-refractivity contribution >= 4 is 16.9 Å². The van der Waals surface area contributed by atoms with E-state index in [1.54, 1.807) is 6.08 Å². The van der Waals surface area contributed by atoms with Gasteiger partial charge in [-0.15, -0.1) is 0 Å². The molecular formula is C17H21FN4O. The number of nitrogens with zero attached hydrogens (tertiary/aromatic N) is 3. The summed E-state index contributed by atoms with van der Waals surface area (Å²) in [7, 11) is 1.94. The van der Waals surface area contributed by atoms with Crippen LogP contribution in [0.5, 0.6) is 0 Å². The first-order valence-corrected chi connectivity index (χ1v) is 7.81. The molecule has 1 unspecified atom stereocenters. The van der Waals surface area contributed by atoms with Gasteiger partial charge in [0.25, 0.3) is 0 Å². The average molecular weight is 316 g/mol. The maximum atomic E-state index is 13.7. The van der Waals surface area contributed by atoms with Crippen LogP contribution in [-0.4, -0.2) is 33.3 Å². The van der Waals surface area contributed by atoms with E-state index in [0.29, 0.717) is 12.7 Å². The Bertz CT molecular complexity index is 733. The average Bonchev–Trinajstić information content (AvgIpc) is 3.28. The zero-order valence-electron chi connectivity index (χ0n) is 13.4. The van der Waals surface area contributed by atoms with Crippen molar-refractivity contribution in [2.24, 2.45) is 7.05 Å². The highest BCUT2D eigenvalue weighted by Crippen LogP contribution is 2.23. The molecule has 1 aliphatic rings. The van der Waals surface area contributed by atoms with Gasteiger partial charge in [-0.3, -0.25) is 0 Å². The molecule has 23 heavy (non-hydrogen) atoms. The molecule has 0 aromatic carbocycles. The van der Waals surface area contributed by atoms with Crippen LogP contribution in [0.15, 0.2) is 42.6 Å². The third-order valence-corrected chi connectivity index (χ3v) is 3.70. The molecule has 2 aromatic heterocycles. The standard InChI is InChI=1S/C17H21FN4O/c1-12(3-4-13(18)8-10-23-14-5-6-14)21-17-16-15(19-11-20-17)7-9-22(16)2/h3-4,7-9,11-12,14H,5-6,10H2,1-2H3,(H,19,20,21)/b4-3-,13-8+. The quantitative estimate of drug-likeness (QED) is 0.796. The second-order valence-electron chi connectivity index (χ2n) is 5.80. The van der Waals surface area contributed by atoms with Crippen molar-refractivity contribution in [3.8, 4) is 0 Å². The summed E-state index contributed by atoms with van der Waals surface area (Å²) in [5.74, 6) is 0.451. The Morgan fingerprint density at radius 1 is 1.52 bits per heavy atom. The first-order chi connectivity index (χ1) is 11.1. The van der Waals surface area contributed by atoms with E-state index in [1.165, 1.54) is 18.5 Å². The molecule has 122 valence electrons.